The van der Waals surface area contributed by atoms with Crippen LogP contribution in [0, 0.1) is 0 Å². The number of benzene rings is 4. The first-order valence-corrected chi connectivity index (χ1v) is 11.5. The average molecular weight is 450 g/mol. The van der Waals surface area contributed by atoms with Gasteiger partial charge in [0.1, 0.15) is 6.61 Å². The second-order valence-corrected chi connectivity index (χ2v) is 8.33. The molecular formula is C27H31NO5. The topological polar surface area (TPSA) is 77.0 Å². The van der Waals surface area contributed by atoms with E-state index in [-0.39, 0.29) is 13.2 Å². The molecule has 4 rings (SSSR count). The molecule has 0 heterocycles. The van der Waals surface area contributed by atoms with Crippen LogP contribution in [0.2, 0.25) is 0 Å². The van der Waals surface area contributed by atoms with Crippen LogP contribution in [-0.4, -0.2) is 56.8 Å². The summed E-state index contributed by atoms with van der Waals surface area (Å²) >= 11 is 0. The van der Waals surface area contributed by atoms with Crippen molar-refractivity contribution < 1.29 is 24.1 Å². The normalized spacial score (nSPS) is 12.6. The minimum Gasteiger partial charge on any atom is -0.480 e. The van der Waals surface area contributed by atoms with E-state index < -0.39 is 5.97 Å². The Hall–Kier alpha value is -2.93. The molecule has 0 aromatic heterocycles. The molecule has 6 heteroatoms. The van der Waals surface area contributed by atoms with Gasteiger partial charge in [-0.25, -0.2) is 4.79 Å². The van der Waals surface area contributed by atoms with Gasteiger partial charge in [0.25, 0.3) is 0 Å². The molecule has 0 spiro atoms. The van der Waals surface area contributed by atoms with Crippen molar-refractivity contribution in [2.45, 2.75) is 25.8 Å². The van der Waals surface area contributed by atoms with Crippen molar-refractivity contribution >= 4 is 44.0 Å². The van der Waals surface area contributed by atoms with Gasteiger partial charge in [-0.15, -0.1) is 0 Å². The van der Waals surface area contributed by atoms with Crippen LogP contribution in [0.15, 0.2) is 54.6 Å². The Bertz CT molecular complexity index is 1180. The molecular weight excluding hydrogens is 418 g/mol. The molecule has 0 aliphatic carbocycles. The van der Waals surface area contributed by atoms with Gasteiger partial charge in [0.2, 0.25) is 0 Å². The van der Waals surface area contributed by atoms with Crippen molar-refractivity contribution in [1.82, 2.24) is 0 Å². The lowest BCUT2D eigenvalue weighted by Crippen LogP contribution is -2.16. The highest BCUT2D eigenvalue weighted by Crippen LogP contribution is 2.37. The number of carboxylic acid groups (broad SMARTS) is 1. The first-order valence-electron chi connectivity index (χ1n) is 11.5. The number of carboxylic acids is 1. The smallest absolute Gasteiger partial charge is 0.329 e. The maximum atomic E-state index is 10.3. The maximum absolute atomic E-state index is 10.3. The Morgan fingerprint density at radius 3 is 2.15 bits per heavy atom. The zero-order chi connectivity index (χ0) is 23.0. The van der Waals surface area contributed by atoms with Gasteiger partial charge in [-0.05, 0) is 52.8 Å². The Labute approximate surface area is 193 Å². The molecule has 2 N–H and O–H groups in total. The summed E-state index contributed by atoms with van der Waals surface area (Å²) in [5.74, 6) is -0.971. The van der Waals surface area contributed by atoms with Crippen LogP contribution in [0.5, 0.6) is 0 Å². The summed E-state index contributed by atoms with van der Waals surface area (Å²) in [4.78, 5) is 10.3. The zero-order valence-electron chi connectivity index (χ0n) is 19.0. The number of anilines is 1. The maximum Gasteiger partial charge on any atom is 0.329 e. The van der Waals surface area contributed by atoms with E-state index >= 15 is 0 Å². The molecule has 0 fully saturated rings. The summed E-state index contributed by atoms with van der Waals surface area (Å²) in [6.07, 6.45) is 1.97. The van der Waals surface area contributed by atoms with E-state index in [1.165, 1.54) is 38.0 Å². The lowest BCUT2D eigenvalue weighted by atomic mass is 9.93. The quantitative estimate of drug-likeness (QED) is 0.201. The lowest BCUT2D eigenvalue weighted by Gasteiger charge is -2.19. The third-order valence-electron chi connectivity index (χ3n) is 5.83. The largest absolute Gasteiger partial charge is 0.480 e. The summed E-state index contributed by atoms with van der Waals surface area (Å²) in [6.45, 7) is 4.25. The van der Waals surface area contributed by atoms with Crippen LogP contribution in [0.25, 0.3) is 32.3 Å². The Morgan fingerprint density at radius 2 is 1.42 bits per heavy atom. The van der Waals surface area contributed by atoms with Crippen molar-refractivity contribution in [2.75, 3.05) is 45.0 Å². The number of nitrogens with one attached hydrogen (secondary N) is 1. The SMILES string of the molecule is CC(CCCOCCOCCOCC(=O)O)Nc1ccc2ccc3cccc4ccc1c2c34. The molecule has 0 radical (unpaired) electrons. The van der Waals surface area contributed by atoms with Crippen LogP contribution >= 0.6 is 0 Å². The second kappa shape index (κ2) is 11.3. The van der Waals surface area contributed by atoms with E-state index in [0.29, 0.717) is 32.5 Å². The van der Waals surface area contributed by atoms with Crippen LogP contribution in [0.3, 0.4) is 0 Å². The van der Waals surface area contributed by atoms with Crippen molar-refractivity contribution in [3.8, 4) is 0 Å². The van der Waals surface area contributed by atoms with E-state index in [0.717, 1.165) is 12.8 Å². The number of hydrogen-bond acceptors (Lipinski definition) is 5. The van der Waals surface area contributed by atoms with Gasteiger partial charge in [0, 0.05) is 23.7 Å². The number of hydrogen-bond donors (Lipinski definition) is 2. The Balaban J connectivity index is 1.22. The Kier molecular flexibility index (Phi) is 7.94. The van der Waals surface area contributed by atoms with Crippen LogP contribution in [-0.2, 0) is 19.0 Å². The molecule has 0 amide bonds. The van der Waals surface area contributed by atoms with Crippen LogP contribution < -0.4 is 5.32 Å². The summed E-state index contributed by atoms with van der Waals surface area (Å²) in [6, 6.07) is 20.1. The molecule has 0 saturated heterocycles. The van der Waals surface area contributed by atoms with Gasteiger partial charge >= 0.3 is 5.97 Å². The molecule has 0 aliphatic heterocycles. The predicted octanol–water partition coefficient (Wildman–Crippen LogP) is 5.30. The van der Waals surface area contributed by atoms with Crippen molar-refractivity contribution in [1.29, 1.82) is 0 Å². The van der Waals surface area contributed by atoms with Gasteiger partial charge in [0.05, 0.1) is 26.4 Å². The average Bonchev–Trinajstić information content (AvgIpc) is 2.81. The molecule has 4 aromatic carbocycles. The van der Waals surface area contributed by atoms with Gasteiger partial charge in [0.15, 0.2) is 0 Å². The molecule has 0 aliphatic rings. The van der Waals surface area contributed by atoms with Gasteiger partial charge in [-0.2, -0.15) is 0 Å². The van der Waals surface area contributed by atoms with Crippen LogP contribution in [0.4, 0.5) is 5.69 Å². The number of ether oxygens (including phenoxy) is 3. The summed E-state index contributed by atoms with van der Waals surface area (Å²) in [7, 11) is 0. The van der Waals surface area contributed by atoms with Gasteiger partial charge in [-0.3, -0.25) is 0 Å². The highest BCUT2D eigenvalue weighted by Gasteiger charge is 2.12. The third kappa shape index (κ3) is 5.90. The minimum absolute atomic E-state index is 0.276. The van der Waals surface area contributed by atoms with E-state index in [4.69, 9.17) is 19.3 Å². The fraction of sp³-hybridized carbons (Fsp3) is 0.370. The molecule has 0 saturated carbocycles. The first-order chi connectivity index (χ1) is 16.1. The summed E-state index contributed by atoms with van der Waals surface area (Å²) < 4.78 is 15.9. The van der Waals surface area contributed by atoms with Gasteiger partial charge in [-0.1, -0.05) is 48.5 Å². The second-order valence-electron chi connectivity index (χ2n) is 8.33. The monoisotopic (exact) mass is 449 g/mol. The van der Waals surface area contributed by atoms with Crippen molar-refractivity contribution in [3.05, 3.63) is 54.6 Å². The van der Waals surface area contributed by atoms with E-state index in [2.05, 4.69) is 66.8 Å². The molecule has 174 valence electrons. The third-order valence-corrected chi connectivity index (χ3v) is 5.83. The van der Waals surface area contributed by atoms with E-state index in [9.17, 15) is 4.79 Å². The highest BCUT2D eigenvalue weighted by molar-refractivity contribution is 6.25. The Morgan fingerprint density at radius 1 is 0.818 bits per heavy atom. The number of carbonyl (C=O) groups is 1. The predicted molar refractivity (Wildman–Crippen MR) is 133 cm³/mol. The first kappa shape index (κ1) is 23.2. The summed E-state index contributed by atoms with van der Waals surface area (Å²) in [5.41, 5.74) is 1.17. The fourth-order valence-electron chi connectivity index (χ4n) is 4.29. The highest BCUT2D eigenvalue weighted by atomic mass is 16.5. The zero-order valence-corrected chi connectivity index (χ0v) is 19.0. The van der Waals surface area contributed by atoms with Crippen molar-refractivity contribution in [3.63, 3.8) is 0 Å². The van der Waals surface area contributed by atoms with Gasteiger partial charge < -0.3 is 24.6 Å². The lowest BCUT2D eigenvalue weighted by molar-refractivity contribution is -0.142. The van der Waals surface area contributed by atoms with Crippen LogP contribution in [0.1, 0.15) is 19.8 Å². The molecule has 6 nitrogen and oxygen atoms in total. The van der Waals surface area contributed by atoms with E-state index in [1.54, 1.807) is 0 Å². The number of rotatable bonds is 14. The molecule has 4 aromatic rings. The fourth-order valence-corrected chi connectivity index (χ4v) is 4.29. The molecule has 33 heavy (non-hydrogen) atoms. The minimum atomic E-state index is -0.971. The van der Waals surface area contributed by atoms with Crippen molar-refractivity contribution in [2.24, 2.45) is 0 Å². The summed E-state index contributed by atoms with van der Waals surface area (Å²) in [5, 5.41) is 20.0. The standard InChI is InChI=1S/C27H31NO5/c1-19(4-3-13-31-14-15-32-16-17-33-18-25(29)30)28-24-12-10-22-8-7-20-5-2-6-21-9-11-23(24)27(22)26(20)21/h2,5-12,19,28H,3-4,13-18H2,1H3,(H,29,30). The molecule has 0 bridgehead atoms. The van der Waals surface area contributed by atoms with E-state index in [1.807, 2.05) is 0 Å². The number of aliphatic carboxylic acids is 1. The molecule has 1 atom stereocenters. The molecule has 1 unspecified atom stereocenters.